The van der Waals surface area contributed by atoms with Crippen molar-refractivity contribution in [3.05, 3.63) is 60.0 Å². The number of benzene rings is 1. The first-order valence-electron chi connectivity index (χ1n) is 27.4. The fourth-order valence-corrected chi connectivity index (χ4v) is 13.5. The van der Waals surface area contributed by atoms with Crippen molar-refractivity contribution in [1.29, 1.82) is 0 Å². The number of amides is 5. The molecule has 2 unspecified atom stereocenters. The number of imidazole rings is 1. The van der Waals surface area contributed by atoms with E-state index in [9.17, 15) is 19.2 Å². The monoisotopic (exact) mass is 978 g/mol. The van der Waals surface area contributed by atoms with Crippen LogP contribution in [0, 0.1) is 17.8 Å². The largest absolute Gasteiger partial charge is 0.366 e. The summed E-state index contributed by atoms with van der Waals surface area (Å²) in [4.78, 5) is 93.6. The maximum Gasteiger partial charge on any atom is 0.238 e. The van der Waals surface area contributed by atoms with Crippen molar-refractivity contribution in [2.45, 2.75) is 146 Å². The second-order valence-corrected chi connectivity index (χ2v) is 22.9. The Kier molecular flexibility index (Phi) is 12.3. The van der Waals surface area contributed by atoms with Gasteiger partial charge in [-0.25, -0.2) is 15.0 Å². The number of rotatable bonds is 10. The molecule has 4 aromatic rings. The molecule has 16 heteroatoms. The van der Waals surface area contributed by atoms with Crippen LogP contribution in [0.15, 0.2) is 48.9 Å². The number of nitrogens with zero attached hydrogens (tertiary/aromatic N) is 9. The molecule has 2 aliphatic carbocycles. The van der Waals surface area contributed by atoms with Gasteiger partial charge in [-0.15, -0.1) is 0 Å². The first-order valence-corrected chi connectivity index (χ1v) is 27.4. The number of hydrogen-bond acceptors (Lipinski definition) is 11. The smallest absolute Gasteiger partial charge is 0.238 e. The molecule has 1 aromatic carbocycles. The average Bonchev–Trinajstić information content (AvgIpc) is 4.05. The van der Waals surface area contributed by atoms with Crippen LogP contribution in [0.1, 0.15) is 134 Å². The van der Waals surface area contributed by atoms with Crippen LogP contribution in [0.4, 0.5) is 17.3 Å². The molecule has 7 fully saturated rings. The standard InChI is InChI=1S/C56H71N11O5/c1-34(2)66-33-58-46-30-45(60-51(50(46)66)59-39-9-10-39)37-7-12-44-47(27-37)67(41-28-40(29-41)62-20-5-4-6-21-62)55(72)56(44)18-25-64(26-19-56)54(71)42-17-24-65(32-35(42)3)53(70)36-15-22-63(23-16-36)48-13-8-38(31-57-48)43-11-14-49(68)61-52(43)69/h7-8,12-13,27,30-31,33-36,39-43H,4-6,9-11,14-26,28-29,32H2,1-3H3,(H,59,60)(H,61,68,69)/t35?,40?,41?,42?,43-/m1/s1. The van der Waals surface area contributed by atoms with Gasteiger partial charge in [0.25, 0.3) is 0 Å². The zero-order valence-electron chi connectivity index (χ0n) is 42.4. The summed E-state index contributed by atoms with van der Waals surface area (Å²) in [6.07, 6.45) is 15.8. The highest BCUT2D eigenvalue weighted by atomic mass is 16.2. The van der Waals surface area contributed by atoms with Crippen LogP contribution in [0.25, 0.3) is 22.3 Å². The van der Waals surface area contributed by atoms with Crippen molar-refractivity contribution >= 4 is 57.9 Å². The molecule has 6 aliphatic heterocycles. The second kappa shape index (κ2) is 18.9. The Balaban J connectivity index is 0.704. The highest BCUT2D eigenvalue weighted by Gasteiger charge is 2.56. The Hall–Kier alpha value is -5.90. The van der Waals surface area contributed by atoms with Gasteiger partial charge in [-0.3, -0.25) is 29.3 Å². The Labute approximate surface area is 422 Å². The molecule has 3 aromatic heterocycles. The van der Waals surface area contributed by atoms with E-state index in [4.69, 9.17) is 9.97 Å². The Bertz CT molecular complexity index is 2760. The van der Waals surface area contributed by atoms with E-state index < -0.39 is 5.41 Å². The van der Waals surface area contributed by atoms with Crippen LogP contribution in [-0.4, -0.2) is 134 Å². The number of piperidine rings is 5. The summed E-state index contributed by atoms with van der Waals surface area (Å²) in [6, 6.07) is 13.9. The lowest BCUT2D eigenvalue weighted by molar-refractivity contribution is -0.147. The van der Waals surface area contributed by atoms with Crippen molar-refractivity contribution < 1.29 is 24.0 Å². The highest BCUT2D eigenvalue weighted by molar-refractivity contribution is 6.09. The molecule has 1 spiro atoms. The Morgan fingerprint density at radius 1 is 0.806 bits per heavy atom. The van der Waals surface area contributed by atoms with Gasteiger partial charge in [0.05, 0.1) is 28.9 Å². The van der Waals surface area contributed by atoms with Crippen LogP contribution in [-0.2, 0) is 29.4 Å². The summed E-state index contributed by atoms with van der Waals surface area (Å²) >= 11 is 0. The van der Waals surface area contributed by atoms with Gasteiger partial charge in [-0.2, -0.15) is 0 Å². The quantitative estimate of drug-likeness (QED) is 0.161. The van der Waals surface area contributed by atoms with Crippen LogP contribution in [0.3, 0.4) is 0 Å². The van der Waals surface area contributed by atoms with Gasteiger partial charge < -0.3 is 34.4 Å². The van der Waals surface area contributed by atoms with Crippen LogP contribution < -0.4 is 20.4 Å². The predicted molar refractivity (Wildman–Crippen MR) is 275 cm³/mol. The number of likely N-dealkylation sites (tertiary alicyclic amines) is 3. The van der Waals surface area contributed by atoms with Crippen LogP contribution >= 0.6 is 0 Å². The van der Waals surface area contributed by atoms with E-state index >= 15 is 4.79 Å². The fourth-order valence-electron chi connectivity index (χ4n) is 13.5. The summed E-state index contributed by atoms with van der Waals surface area (Å²) in [5.41, 5.74) is 6.03. The van der Waals surface area contributed by atoms with Crippen molar-refractivity contribution in [3.63, 3.8) is 0 Å². The molecule has 9 heterocycles. The minimum atomic E-state index is -0.681. The fraction of sp³-hybridized carbons (Fsp3) is 0.607. The third-order valence-corrected chi connectivity index (χ3v) is 18.1. The highest BCUT2D eigenvalue weighted by Crippen LogP contribution is 2.52. The predicted octanol–water partition coefficient (Wildman–Crippen LogP) is 6.79. The molecular weight excluding hydrogens is 907 g/mol. The van der Waals surface area contributed by atoms with Crippen molar-refractivity contribution in [2.24, 2.45) is 17.8 Å². The summed E-state index contributed by atoms with van der Waals surface area (Å²) in [5.74, 6) is 1.17. The molecule has 12 rings (SSSR count). The zero-order chi connectivity index (χ0) is 49.4. The van der Waals surface area contributed by atoms with E-state index in [0.717, 1.165) is 102 Å². The molecule has 2 saturated carbocycles. The summed E-state index contributed by atoms with van der Waals surface area (Å²) in [6.45, 7) is 12.4. The summed E-state index contributed by atoms with van der Waals surface area (Å²) in [7, 11) is 0. The lowest BCUT2D eigenvalue weighted by atomic mass is 9.73. The van der Waals surface area contributed by atoms with E-state index in [0.29, 0.717) is 83.5 Å². The van der Waals surface area contributed by atoms with Crippen LogP contribution in [0.2, 0.25) is 0 Å². The number of carbonyl (C=O) groups excluding carboxylic acids is 5. The number of imide groups is 1. The lowest BCUT2D eigenvalue weighted by Gasteiger charge is -2.48. The lowest BCUT2D eigenvalue weighted by Crippen LogP contribution is -2.59. The molecule has 5 amide bonds. The van der Waals surface area contributed by atoms with Gasteiger partial charge in [0, 0.05) is 99.1 Å². The Morgan fingerprint density at radius 3 is 2.28 bits per heavy atom. The van der Waals surface area contributed by atoms with Crippen molar-refractivity contribution in [2.75, 3.05) is 67.5 Å². The number of carbonyl (C=O) groups is 5. The number of hydrogen-bond donors (Lipinski definition) is 2. The SMILES string of the molecule is CC1CN(C(=O)C2CCN(c3ccc([C@H]4CCC(=O)NC4=O)cn3)CC2)CCC1C(=O)N1CCC2(CC1)C(=O)N(C1CC(N3CCCCC3)C1)c1cc(-c3cc4ncn(C(C)C)c4c(NC4CC4)n3)ccc12. The molecule has 8 aliphatic rings. The van der Waals surface area contributed by atoms with Gasteiger partial charge in [0.2, 0.25) is 29.5 Å². The van der Waals surface area contributed by atoms with Crippen LogP contribution in [0.5, 0.6) is 0 Å². The van der Waals surface area contributed by atoms with Crippen molar-refractivity contribution in [3.8, 4) is 11.3 Å². The van der Waals surface area contributed by atoms with E-state index in [2.05, 4.69) is 79.9 Å². The molecule has 380 valence electrons. The summed E-state index contributed by atoms with van der Waals surface area (Å²) in [5, 5.41) is 6.14. The van der Waals surface area contributed by atoms with Gasteiger partial charge >= 0.3 is 0 Å². The molecule has 16 nitrogen and oxygen atoms in total. The number of pyridine rings is 2. The molecule has 0 radical (unpaired) electrons. The maximum absolute atomic E-state index is 15.3. The zero-order valence-corrected chi connectivity index (χ0v) is 42.4. The van der Waals surface area contributed by atoms with Crippen molar-refractivity contribution in [1.82, 2.24) is 39.5 Å². The third-order valence-electron chi connectivity index (χ3n) is 18.1. The molecule has 2 N–H and O–H groups in total. The minimum Gasteiger partial charge on any atom is -0.366 e. The van der Waals surface area contributed by atoms with E-state index in [1.807, 2.05) is 28.3 Å². The minimum absolute atomic E-state index is 0.0272. The number of nitrogens with one attached hydrogen (secondary N) is 2. The van der Waals surface area contributed by atoms with Gasteiger partial charge in [0.15, 0.2) is 5.82 Å². The molecular formula is C56H71N11O5. The normalized spacial score (nSPS) is 27.1. The maximum atomic E-state index is 15.3. The molecule has 0 bridgehead atoms. The third kappa shape index (κ3) is 8.52. The number of aromatic nitrogens is 4. The number of anilines is 3. The van der Waals surface area contributed by atoms with Gasteiger partial charge in [-0.1, -0.05) is 31.5 Å². The topological polar surface area (TPSA) is 169 Å². The van der Waals surface area contributed by atoms with Gasteiger partial charge in [0.1, 0.15) is 11.3 Å². The summed E-state index contributed by atoms with van der Waals surface area (Å²) < 4.78 is 2.20. The van der Waals surface area contributed by atoms with E-state index in [1.54, 1.807) is 6.20 Å². The molecule has 5 saturated heterocycles. The van der Waals surface area contributed by atoms with Gasteiger partial charge in [-0.05, 0) is 139 Å². The first-order chi connectivity index (χ1) is 34.9. The average molecular weight is 978 g/mol. The first kappa shape index (κ1) is 47.1. The number of fused-ring (bicyclic) bond motifs is 3. The second-order valence-electron chi connectivity index (χ2n) is 22.9. The molecule has 72 heavy (non-hydrogen) atoms. The molecule has 3 atom stereocenters. The Morgan fingerprint density at radius 2 is 1.58 bits per heavy atom. The van der Waals surface area contributed by atoms with E-state index in [1.165, 1.54) is 19.3 Å². The van der Waals surface area contributed by atoms with E-state index in [-0.39, 0.29) is 65.3 Å².